The fraction of sp³-hybridized carbons (Fsp3) is 0.423. The van der Waals surface area contributed by atoms with E-state index >= 15 is 0 Å². The summed E-state index contributed by atoms with van der Waals surface area (Å²) in [6.45, 7) is 0.178. The lowest BCUT2D eigenvalue weighted by Gasteiger charge is -2.22. The van der Waals surface area contributed by atoms with Gasteiger partial charge < -0.3 is 25.6 Å². The Hall–Kier alpha value is -3.39. The van der Waals surface area contributed by atoms with Crippen LogP contribution in [0.15, 0.2) is 48.5 Å². The Labute approximate surface area is 198 Å². The van der Waals surface area contributed by atoms with E-state index in [-0.39, 0.29) is 49.8 Å². The number of carboxylic acid groups (broad SMARTS) is 1. The van der Waals surface area contributed by atoms with Crippen LogP contribution in [-0.2, 0) is 14.3 Å². The molecule has 2 amide bonds. The van der Waals surface area contributed by atoms with Crippen LogP contribution in [-0.4, -0.2) is 54.0 Å². The van der Waals surface area contributed by atoms with Gasteiger partial charge in [0.15, 0.2) is 0 Å². The molecule has 4 N–H and O–H groups in total. The van der Waals surface area contributed by atoms with Crippen molar-refractivity contribution in [1.29, 1.82) is 0 Å². The first-order valence-electron chi connectivity index (χ1n) is 11.7. The molecule has 180 valence electrons. The van der Waals surface area contributed by atoms with Crippen molar-refractivity contribution in [3.05, 3.63) is 59.7 Å². The van der Waals surface area contributed by atoms with Gasteiger partial charge in [0, 0.05) is 31.4 Å². The molecule has 0 spiro atoms. The number of ether oxygens (including phenoxy) is 1. The molecule has 1 saturated carbocycles. The van der Waals surface area contributed by atoms with Crippen LogP contribution < -0.4 is 10.6 Å². The molecule has 2 unspecified atom stereocenters. The fourth-order valence-electron chi connectivity index (χ4n) is 5.16. The molecule has 0 radical (unpaired) electrons. The second kappa shape index (κ2) is 10.7. The molecule has 2 aromatic rings. The van der Waals surface area contributed by atoms with E-state index in [0.29, 0.717) is 6.42 Å². The molecule has 2 aliphatic rings. The highest BCUT2D eigenvalue weighted by Gasteiger charge is 2.35. The predicted octanol–water partition coefficient (Wildman–Crippen LogP) is 2.89. The third kappa shape index (κ3) is 5.07. The maximum atomic E-state index is 12.6. The van der Waals surface area contributed by atoms with Crippen LogP contribution in [0.2, 0.25) is 0 Å². The van der Waals surface area contributed by atoms with E-state index in [1.165, 1.54) is 0 Å². The van der Waals surface area contributed by atoms with E-state index < -0.39 is 18.1 Å². The molecule has 8 nitrogen and oxygen atoms in total. The van der Waals surface area contributed by atoms with E-state index in [9.17, 15) is 19.5 Å². The highest BCUT2D eigenvalue weighted by Crippen LogP contribution is 2.44. The molecule has 0 aromatic heterocycles. The molecule has 8 heteroatoms. The Bertz CT molecular complexity index is 1010. The number of carbonyl (C=O) groups excluding carboxylic acids is 2. The predicted molar refractivity (Wildman–Crippen MR) is 125 cm³/mol. The number of rotatable bonds is 9. The van der Waals surface area contributed by atoms with Gasteiger partial charge in [-0.05, 0) is 41.0 Å². The SMILES string of the molecule is O=C(NCC1CCCC1C(=O)N[C@H](CCO)C(=O)O)OCC1c2ccccc2-c2ccccc21. The van der Waals surface area contributed by atoms with Crippen LogP contribution in [0.4, 0.5) is 4.79 Å². The summed E-state index contributed by atoms with van der Waals surface area (Å²) in [5.74, 6) is -2.02. The monoisotopic (exact) mass is 466 g/mol. The number of hydrogen-bond donors (Lipinski definition) is 4. The molecule has 0 heterocycles. The van der Waals surface area contributed by atoms with Crippen LogP contribution in [0.25, 0.3) is 11.1 Å². The Balaban J connectivity index is 1.30. The number of hydrogen-bond acceptors (Lipinski definition) is 5. The molecular formula is C26H30N2O6. The van der Waals surface area contributed by atoms with Gasteiger partial charge in [0.1, 0.15) is 12.6 Å². The average molecular weight is 467 g/mol. The minimum atomic E-state index is -1.17. The number of carbonyl (C=O) groups is 3. The van der Waals surface area contributed by atoms with Gasteiger partial charge in [0.05, 0.1) is 0 Å². The summed E-state index contributed by atoms with van der Waals surface area (Å²) in [7, 11) is 0. The molecule has 0 saturated heterocycles. The Kier molecular flexibility index (Phi) is 7.47. The molecule has 0 bridgehead atoms. The van der Waals surface area contributed by atoms with Gasteiger partial charge in [-0.15, -0.1) is 0 Å². The minimum absolute atomic E-state index is 0.0253. The topological polar surface area (TPSA) is 125 Å². The lowest BCUT2D eigenvalue weighted by molar-refractivity contribution is -0.143. The first-order valence-corrected chi connectivity index (χ1v) is 11.7. The van der Waals surface area contributed by atoms with Crippen LogP contribution in [0.5, 0.6) is 0 Å². The van der Waals surface area contributed by atoms with Crippen molar-refractivity contribution in [3.63, 3.8) is 0 Å². The second-order valence-corrected chi connectivity index (χ2v) is 8.92. The molecule has 1 fully saturated rings. The molecule has 3 atom stereocenters. The number of aliphatic hydroxyl groups is 1. The number of alkyl carbamates (subject to hydrolysis) is 1. The first kappa shape index (κ1) is 23.8. The van der Waals surface area contributed by atoms with Gasteiger partial charge in [-0.25, -0.2) is 9.59 Å². The number of fused-ring (bicyclic) bond motifs is 3. The number of aliphatic hydroxyl groups excluding tert-OH is 1. The Morgan fingerprint density at radius 1 is 1.00 bits per heavy atom. The van der Waals surface area contributed by atoms with Crippen molar-refractivity contribution >= 4 is 18.0 Å². The molecule has 34 heavy (non-hydrogen) atoms. The van der Waals surface area contributed by atoms with E-state index in [1.54, 1.807) is 0 Å². The van der Waals surface area contributed by atoms with E-state index in [4.69, 9.17) is 9.84 Å². The zero-order chi connectivity index (χ0) is 24.1. The van der Waals surface area contributed by atoms with E-state index in [0.717, 1.165) is 35.1 Å². The highest BCUT2D eigenvalue weighted by molar-refractivity contribution is 5.85. The molecule has 0 aliphatic heterocycles. The summed E-state index contributed by atoms with van der Waals surface area (Å²) in [6.07, 6.45) is 1.65. The van der Waals surface area contributed by atoms with Crippen molar-refractivity contribution in [1.82, 2.24) is 10.6 Å². The minimum Gasteiger partial charge on any atom is -0.480 e. The summed E-state index contributed by atoms with van der Waals surface area (Å²) in [5, 5.41) is 23.5. The normalized spacial score (nSPS) is 19.7. The second-order valence-electron chi connectivity index (χ2n) is 8.92. The summed E-state index contributed by atoms with van der Waals surface area (Å²) in [4.78, 5) is 36.4. The lowest BCUT2D eigenvalue weighted by Crippen LogP contribution is -2.46. The molecule has 2 aliphatic carbocycles. The van der Waals surface area contributed by atoms with Gasteiger partial charge in [-0.2, -0.15) is 0 Å². The van der Waals surface area contributed by atoms with Crippen molar-refractivity contribution in [3.8, 4) is 11.1 Å². The third-order valence-electron chi connectivity index (χ3n) is 6.88. The number of nitrogens with one attached hydrogen (secondary N) is 2. The van der Waals surface area contributed by atoms with Gasteiger partial charge in [-0.3, -0.25) is 4.79 Å². The van der Waals surface area contributed by atoms with Gasteiger partial charge in [0.25, 0.3) is 0 Å². The largest absolute Gasteiger partial charge is 0.480 e. The summed E-state index contributed by atoms with van der Waals surface area (Å²) >= 11 is 0. The molecule has 4 rings (SSSR count). The first-order chi connectivity index (χ1) is 16.5. The van der Waals surface area contributed by atoms with E-state index in [2.05, 4.69) is 34.9 Å². The number of benzene rings is 2. The average Bonchev–Trinajstić information content (AvgIpc) is 3.44. The lowest BCUT2D eigenvalue weighted by atomic mass is 9.94. The number of carboxylic acids is 1. The van der Waals surface area contributed by atoms with Crippen molar-refractivity contribution in [2.45, 2.75) is 37.6 Å². The maximum absolute atomic E-state index is 12.6. The van der Waals surface area contributed by atoms with Crippen molar-refractivity contribution < 1.29 is 29.3 Å². The van der Waals surface area contributed by atoms with Gasteiger partial charge >= 0.3 is 12.1 Å². The quantitative estimate of drug-likeness (QED) is 0.450. The van der Waals surface area contributed by atoms with E-state index in [1.807, 2.05) is 24.3 Å². The highest BCUT2D eigenvalue weighted by atomic mass is 16.5. The Morgan fingerprint density at radius 2 is 1.65 bits per heavy atom. The number of aliphatic carboxylic acids is 1. The molecule has 2 aromatic carbocycles. The van der Waals surface area contributed by atoms with Crippen LogP contribution in [0.3, 0.4) is 0 Å². The zero-order valence-corrected chi connectivity index (χ0v) is 18.9. The summed E-state index contributed by atoms with van der Waals surface area (Å²) in [6, 6.07) is 15.1. The standard InChI is InChI=1S/C26H30N2O6/c29-13-12-23(25(31)32)28-24(30)17-11-5-6-16(17)14-27-26(33)34-15-22-20-9-3-1-7-18(20)19-8-2-4-10-21(19)22/h1-4,7-10,16-17,22-23,29H,5-6,11-15H2,(H,27,33)(H,28,30)(H,31,32)/t16?,17?,23-/m1/s1. The summed E-state index contributed by atoms with van der Waals surface area (Å²) < 4.78 is 5.57. The number of amides is 2. The van der Waals surface area contributed by atoms with Crippen LogP contribution in [0.1, 0.15) is 42.7 Å². The smallest absolute Gasteiger partial charge is 0.407 e. The van der Waals surface area contributed by atoms with Crippen LogP contribution >= 0.6 is 0 Å². The van der Waals surface area contributed by atoms with Crippen molar-refractivity contribution in [2.75, 3.05) is 19.8 Å². The zero-order valence-electron chi connectivity index (χ0n) is 18.9. The Morgan fingerprint density at radius 3 is 2.26 bits per heavy atom. The summed E-state index contributed by atoms with van der Waals surface area (Å²) in [5.41, 5.74) is 4.60. The molecular weight excluding hydrogens is 436 g/mol. The van der Waals surface area contributed by atoms with Gasteiger partial charge in [-0.1, -0.05) is 55.0 Å². The third-order valence-corrected chi connectivity index (χ3v) is 6.88. The van der Waals surface area contributed by atoms with Crippen molar-refractivity contribution in [2.24, 2.45) is 11.8 Å². The fourth-order valence-corrected chi connectivity index (χ4v) is 5.16. The van der Waals surface area contributed by atoms with Crippen LogP contribution in [0, 0.1) is 11.8 Å². The van der Waals surface area contributed by atoms with Gasteiger partial charge in [0.2, 0.25) is 5.91 Å². The maximum Gasteiger partial charge on any atom is 0.407 e.